The molecular weight excluding hydrogens is 895 g/mol. The van der Waals surface area contributed by atoms with Crippen LogP contribution >= 0.6 is 23.5 Å². The fourth-order valence-corrected chi connectivity index (χ4v) is 15.1. The Balaban J connectivity index is 0.945. The topological polar surface area (TPSA) is 3.24 Å². The molecule has 0 aromatic heterocycles. The van der Waals surface area contributed by atoms with Gasteiger partial charge in [-0.2, -0.15) is 0 Å². The zero-order valence-corrected chi connectivity index (χ0v) is 40.2. The summed E-state index contributed by atoms with van der Waals surface area (Å²) in [5.74, 6) is 0. The molecule has 15 rings (SSSR count). The van der Waals surface area contributed by atoms with Gasteiger partial charge >= 0.3 is 0 Å². The SMILES string of the molecule is c1ccc(-c2cccc(-c3ccc(N(c4ccc5c(c4)-c4ccccc4C54c5ccccc5Sc5ccccc54)c4ccc5c(c4)-c4ccccc4C54c5ccccc5Sc5ccccc54)cc3)c2)cc1. The number of nitrogens with zero attached hydrogens (tertiary/aromatic N) is 1. The molecule has 0 unspecified atom stereocenters. The summed E-state index contributed by atoms with van der Waals surface area (Å²) < 4.78 is 0. The summed E-state index contributed by atoms with van der Waals surface area (Å²) >= 11 is 3.78. The third-order valence-electron chi connectivity index (χ3n) is 15.6. The monoisotopic (exact) mass is 937 g/mol. The third kappa shape index (κ3) is 5.79. The molecule has 4 aliphatic rings. The van der Waals surface area contributed by atoms with Crippen molar-refractivity contribution in [3.05, 3.63) is 305 Å². The lowest BCUT2D eigenvalue weighted by Gasteiger charge is -2.40. The molecule has 71 heavy (non-hydrogen) atoms. The van der Waals surface area contributed by atoms with Crippen molar-refractivity contribution < 1.29 is 0 Å². The van der Waals surface area contributed by atoms with Crippen LogP contribution in [0.15, 0.2) is 280 Å². The summed E-state index contributed by atoms with van der Waals surface area (Å²) in [4.78, 5) is 7.74. The van der Waals surface area contributed by atoms with Gasteiger partial charge < -0.3 is 4.90 Å². The van der Waals surface area contributed by atoms with Crippen LogP contribution in [0.2, 0.25) is 0 Å². The Labute approximate surface area is 423 Å². The van der Waals surface area contributed by atoms with Gasteiger partial charge in [-0.3, -0.25) is 0 Å². The number of hydrogen-bond donors (Lipinski definition) is 0. The molecule has 0 radical (unpaired) electrons. The Kier molecular flexibility index (Phi) is 9.03. The Morgan fingerprint density at radius 1 is 0.225 bits per heavy atom. The molecule has 0 saturated carbocycles. The van der Waals surface area contributed by atoms with Gasteiger partial charge in [0.2, 0.25) is 0 Å². The molecule has 0 N–H and O–H groups in total. The summed E-state index contributed by atoms with van der Waals surface area (Å²) in [6.07, 6.45) is 0. The van der Waals surface area contributed by atoms with Crippen LogP contribution in [0, 0.1) is 0 Å². The lowest BCUT2D eigenvalue weighted by molar-refractivity contribution is 0.722. The van der Waals surface area contributed by atoms with E-state index in [4.69, 9.17) is 0 Å². The summed E-state index contributed by atoms with van der Waals surface area (Å²) in [5.41, 5.74) is 23.1. The highest BCUT2D eigenvalue weighted by Crippen LogP contribution is 2.65. The molecule has 11 aromatic carbocycles. The highest BCUT2D eigenvalue weighted by atomic mass is 32.2. The standard InChI is InChI=1S/C68H43NS2/c1-2-17-44(18-3-1)46-19-16-20-47(41-46)45-33-35-48(36-34-45)69(49-37-39-57-53(42-49)51-21-4-6-23-55(51)67(57)59-25-8-12-29-63(59)70-64-30-13-9-26-60(64)67)50-38-40-58-54(43-50)52-22-5-7-24-56(52)68(58)61-27-10-14-31-65(61)71-66-32-15-11-28-62(66)68/h1-43H. The predicted molar refractivity (Wildman–Crippen MR) is 295 cm³/mol. The summed E-state index contributed by atoms with van der Waals surface area (Å²) in [6.45, 7) is 0. The van der Waals surface area contributed by atoms with Crippen molar-refractivity contribution in [3.63, 3.8) is 0 Å². The van der Waals surface area contributed by atoms with E-state index in [1.54, 1.807) is 0 Å². The van der Waals surface area contributed by atoms with Crippen LogP contribution in [0.1, 0.15) is 44.5 Å². The van der Waals surface area contributed by atoms with Gasteiger partial charge in [-0.05, 0) is 156 Å². The molecule has 3 heteroatoms. The van der Waals surface area contributed by atoms with Crippen molar-refractivity contribution in [2.45, 2.75) is 30.4 Å². The highest BCUT2D eigenvalue weighted by Gasteiger charge is 2.52. The van der Waals surface area contributed by atoms with Gasteiger partial charge in [-0.1, -0.05) is 218 Å². The van der Waals surface area contributed by atoms with E-state index in [0.717, 1.165) is 17.1 Å². The molecule has 0 atom stereocenters. The van der Waals surface area contributed by atoms with Crippen LogP contribution in [-0.4, -0.2) is 0 Å². The first kappa shape index (κ1) is 40.8. The van der Waals surface area contributed by atoms with Crippen LogP contribution in [0.5, 0.6) is 0 Å². The fourth-order valence-electron chi connectivity index (χ4n) is 12.7. The molecule has 1 nitrogen and oxygen atoms in total. The molecule has 2 heterocycles. The molecule has 2 aliphatic heterocycles. The molecule has 0 fully saturated rings. The van der Waals surface area contributed by atoms with Crippen molar-refractivity contribution in [2.75, 3.05) is 4.90 Å². The van der Waals surface area contributed by atoms with Crippen LogP contribution in [-0.2, 0) is 10.8 Å². The lowest BCUT2D eigenvalue weighted by Crippen LogP contribution is -2.32. The molecule has 11 aromatic rings. The van der Waals surface area contributed by atoms with Crippen molar-refractivity contribution in [1.82, 2.24) is 0 Å². The van der Waals surface area contributed by atoms with Gasteiger partial charge in [0, 0.05) is 36.6 Å². The fraction of sp³-hybridized carbons (Fsp3) is 0.0294. The third-order valence-corrected chi connectivity index (χ3v) is 17.9. The van der Waals surface area contributed by atoms with E-state index in [1.807, 2.05) is 23.5 Å². The van der Waals surface area contributed by atoms with Crippen LogP contribution in [0.3, 0.4) is 0 Å². The average Bonchev–Trinajstić information content (AvgIpc) is 3.89. The zero-order chi connectivity index (χ0) is 46.7. The van der Waals surface area contributed by atoms with E-state index in [-0.39, 0.29) is 0 Å². The second-order valence-electron chi connectivity index (χ2n) is 19.1. The quantitative estimate of drug-likeness (QED) is 0.169. The lowest BCUT2D eigenvalue weighted by atomic mass is 9.67. The molecular formula is C68H43NS2. The van der Waals surface area contributed by atoms with Crippen LogP contribution in [0.4, 0.5) is 17.1 Å². The van der Waals surface area contributed by atoms with Gasteiger partial charge in [0.05, 0.1) is 10.8 Å². The van der Waals surface area contributed by atoms with E-state index in [1.165, 1.54) is 109 Å². The largest absolute Gasteiger partial charge is 0.310 e. The number of hydrogen-bond acceptors (Lipinski definition) is 3. The molecule has 0 saturated heterocycles. The Morgan fingerprint density at radius 2 is 0.563 bits per heavy atom. The summed E-state index contributed by atoms with van der Waals surface area (Å²) in [7, 11) is 0. The van der Waals surface area contributed by atoms with E-state index >= 15 is 0 Å². The normalized spacial score (nSPS) is 14.3. The van der Waals surface area contributed by atoms with E-state index in [9.17, 15) is 0 Å². The maximum Gasteiger partial charge on any atom is 0.0735 e. The van der Waals surface area contributed by atoms with Gasteiger partial charge in [-0.25, -0.2) is 0 Å². The maximum atomic E-state index is 2.49. The van der Waals surface area contributed by atoms with Crippen molar-refractivity contribution in [1.29, 1.82) is 0 Å². The number of rotatable bonds is 5. The number of fused-ring (bicyclic) bond motifs is 18. The number of benzene rings is 11. The van der Waals surface area contributed by atoms with Crippen molar-refractivity contribution in [2.24, 2.45) is 0 Å². The summed E-state index contributed by atoms with van der Waals surface area (Å²) in [5, 5.41) is 0. The second-order valence-corrected chi connectivity index (χ2v) is 21.2. The van der Waals surface area contributed by atoms with Gasteiger partial charge in [0.25, 0.3) is 0 Å². The van der Waals surface area contributed by atoms with E-state index in [0.29, 0.717) is 0 Å². The minimum Gasteiger partial charge on any atom is -0.310 e. The zero-order valence-electron chi connectivity index (χ0n) is 38.6. The van der Waals surface area contributed by atoms with Crippen LogP contribution in [0.25, 0.3) is 44.5 Å². The van der Waals surface area contributed by atoms with Crippen molar-refractivity contribution >= 4 is 40.6 Å². The van der Waals surface area contributed by atoms with E-state index < -0.39 is 10.8 Å². The minimum atomic E-state index is -0.444. The van der Waals surface area contributed by atoms with E-state index in [2.05, 4.69) is 266 Å². The van der Waals surface area contributed by atoms with Crippen LogP contribution < -0.4 is 4.90 Å². The Morgan fingerprint density at radius 3 is 1.01 bits per heavy atom. The first-order valence-corrected chi connectivity index (χ1v) is 26.1. The second kappa shape index (κ2) is 15.7. The summed E-state index contributed by atoms with van der Waals surface area (Å²) in [6, 6.07) is 97.9. The van der Waals surface area contributed by atoms with Gasteiger partial charge in [0.1, 0.15) is 0 Å². The minimum absolute atomic E-state index is 0.444. The Bertz CT molecular complexity index is 3680. The average molecular weight is 938 g/mol. The van der Waals surface area contributed by atoms with Gasteiger partial charge in [0.15, 0.2) is 0 Å². The number of anilines is 3. The molecule has 332 valence electrons. The Hall–Kier alpha value is -8.08. The smallest absolute Gasteiger partial charge is 0.0735 e. The predicted octanol–water partition coefficient (Wildman–Crippen LogP) is 18.1. The van der Waals surface area contributed by atoms with Crippen molar-refractivity contribution in [3.8, 4) is 44.5 Å². The molecule has 0 bridgehead atoms. The highest BCUT2D eigenvalue weighted by molar-refractivity contribution is 7.99. The molecule has 2 spiro atoms. The first-order chi connectivity index (χ1) is 35.2. The van der Waals surface area contributed by atoms with Gasteiger partial charge in [-0.15, -0.1) is 0 Å². The first-order valence-electron chi connectivity index (χ1n) is 24.5. The molecule has 0 amide bonds. The molecule has 2 aliphatic carbocycles. The maximum absolute atomic E-state index is 2.49.